The lowest BCUT2D eigenvalue weighted by Crippen LogP contribution is -1.97. The van der Waals surface area contributed by atoms with Crippen LogP contribution in [0.5, 0.6) is 5.75 Å². The summed E-state index contributed by atoms with van der Waals surface area (Å²) in [5.41, 5.74) is 16.9. The fourth-order valence-electron chi connectivity index (χ4n) is 16.1. The second-order valence-corrected chi connectivity index (χ2v) is 27.8. The first-order valence-electron chi connectivity index (χ1n) is 36.4. The van der Waals surface area contributed by atoms with Crippen molar-refractivity contribution in [2.75, 3.05) is 0 Å². The molecule has 6 nitrogen and oxygen atoms in total. The average Bonchev–Trinajstić information content (AvgIpc) is 0.878. The van der Waals surface area contributed by atoms with Crippen LogP contribution in [0.2, 0.25) is 0 Å². The number of imidazole rings is 1. The van der Waals surface area contributed by atoms with Gasteiger partial charge in [0.25, 0.3) is 0 Å². The number of aryl methyl sites for hydroxylation is 1. The molecule has 0 amide bonds. The Hall–Kier alpha value is -14.2. The zero-order valence-electron chi connectivity index (χ0n) is 58.4. The molecule has 0 aliphatic rings. The minimum Gasteiger partial charge on any atom is -0.508 e. The van der Waals surface area contributed by atoms with Gasteiger partial charge in [0.05, 0.1) is 44.7 Å². The molecule has 0 saturated carbocycles. The van der Waals surface area contributed by atoms with Crippen LogP contribution in [0.25, 0.3) is 203 Å². The molecule has 0 fully saturated rings. The molecule has 4 heterocycles. The van der Waals surface area contributed by atoms with Gasteiger partial charge in [0, 0.05) is 82.5 Å². The van der Waals surface area contributed by atoms with E-state index in [2.05, 4.69) is 351 Å². The van der Waals surface area contributed by atoms with Crippen LogP contribution in [-0.2, 0) is 0 Å². The molecule has 0 aliphatic carbocycles. The van der Waals surface area contributed by atoms with Crippen LogP contribution in [-0.4, -0.2) is 29.6 Å². The first-order chi connectivity index (χ1) is 52.8. The zero-order valence-corrected chi connectivity index (χ0v) is 58.4. The fourth-order valence-corrected chi connectivity index (χ4v) is 16.1. The number of para-hydroxylation sites is 3. The average molecular weight is 1360 g/mol. The molecule has 18 aromatic carbocycles. The molecule has 0 unspecified atom stereocenters. The van der Waals surface area contributed by atoms with E-state index in [1.807, 2.05) is 18.2 Å². The van der Waals surface area contributed by atoms with Gasteiger partial charge in [-0.2, -0.15) is 0 Å². The van der Waals surface area contributed by atoms with E-state index in [4.69, 9.17) is 19.9 Å². The highest BCUT2D eigenvalue weighted by Gasteiger charge is 2.20. The maximum atomic E-state index is 10.1. The summed E-state index contributed by atoms with van der Waals surface area (Å²) in [4.78, 5) is 20.6. The Labute approximate surface area is 616 Å². The largest absolute Gasteiger partial charge is 0.508 e. The third kappa shape index (κ3) is 11.1. The van der Waals surface area contributed by atoms with Crippen molar-refractivity contribution in [2.24, 2.45) is 0 Å². The van der Waals surface area contributed by atoms with E-state index in [0.29, 0.717) is 0 Å². The predicted molar refractivity (Wildman–Crippen MR) is 451 cm³/mol. The molecule has 0 aliphatic heterocycles. The Kier molecular flexibility index (Phi) is 15.2. The van der Waals surface area contributed by atoms with Crippen molar-refractivity contribution >= 4 is 141 Å². The molecule has 107 heavy (non-hydrogen) atoms. The van der Waals surface area contributed by atoms with Crippen LogP contribution < -0.4 is 0 Å². The number of rotatable bonds is 6. The smallest absolute Gasteiger partial charge is 0.145 e. The molecule has 22 rings (SSSR count). The number of hydrogen-bond donors (Lipinski definition) is 1. The van der Waals surface area contributed by atoms with E-state index in [0.717, 1.165) is 106 Å². The summed E-state index contributed by atoms with van der Waals surface area (Å²) in [6, 6.07) is 130. The number of hydrogen-bond acceptors (Lipinski definition) is 5. The number of phenols is 1. The molecule has 500 valence electrons. The number of benzene rings is 18. The van der Waals surface area contributed by atoms with Crippen LogP contribution in [0.4, 0.5) is 0 Å². The van der Waals surface area contributed by atoms with Crippen molar-refractivity contribution < 1.29 is 5.11 Å². The molecule has 0 atom stereocenters. The summed E-state index contributed by atoms with van der Waals surface area (Å²) in [7, 11) is 0. The minimum absolute atomic E-state index is 0.231. The lowest BCUT2D eigenvalue weighted by molar-refractivity contribution is 0.476. The van der Waals surface area contributed by atoms with Crippen molar-refractivity contribution in [1.29, 1.82) is 0 Å². The second-order valence-electron chi connectivity index (χ2n) is 27.8. The lowest BCUT2D eigenvalue weighted by atomic mass is 9.93. The Bertz CT molecular complexity index is 7110. The molecule has 0 bridgehead atoms. The normalized spacial score (nSPS) is 11.6. The van der Waals surface area contributed by atoms with E-state index in [1.165, 1.54) is 103 Å². The van der Waals surface area contributed by atoms with Crippen molar-refractivity contribution in [3.8, 4) is 67.7 Å². The van der Waals surface area contributed by atoms with E-state index < -0.39 is 0 Å². The number of aromatic nitrogens is 5. The zero-order chi connectivity index (χ0) is 71.1. The van der Waals surface area contributed by atoms with Crippen LogP contribution in [0, 0.1) is 6.92 Å². The first kappa shape index (κ1) is 62.6. The van der Waals surface area contributed by atoms with Gasteiger partial charge in [0.2, 0.25) is 0 Å². The number of fused-ring (bicyclic) bond motifs is 19. The third-order valence-corrected chi connectivity index (χ3v) is 21.3. The van der Waals surface area contributed by atoms with Crippen molar-refractivity contribution in [2.45, 2.75) is 6.92 Å². The highest BCUT2D eigenvalue weighted by atomic mass is 16.3. The molecule has 6 heteroatoms. The van der Waals surface area contributed by atoms with Gasteiger partial charge in [-0.1, -0.05) is 297 Å². The van der Waals surface area contributed by atoms with Crippen LogP contribution in [0.1, 0.15) is 5.56 Å². The second kappa shape index (κ2) is 25.9. The number of pyridine rings is 3. The molecular weight excluding hydrogens is 1300 g/mol. The fraction of sp³-hybridized carbons (Fsp3) is 0.00990. The summed E-state index contributed by atoms with van der Waals surface area (Å²) in [5, 5.41) is 35.5. The Morgan fingerprint density at radius 2 is 0.579 bits per heavy atom. The maximum absolute atomic E-state index is 10.1. The monoisotopic (exact) mass is 1360 g/mol. The molecule has 1 N–H and O–H groups in total. The van der Waals surface area contributed by atoms with Crippen LogP contribution >= 0.6 is 0 Å². The SMILES string of the molecule is Cc1ccc2c(c1)nc(-c1ccc3ccccc3c1)c1ccc3ccccc3c12.Oc1ccc2c(c1)nc(-c1ccc3ccccc3c1)c1ccc3ccccc3c12.c1ccc(-n2c(-c3ccc(-c4ccc5c(c4)nc(-c4ccc6ccccc6c4)c4ccc6ccccc6c45)cc3)nc3ccccc32)cc1. The summed E-state index contributed by atoms with van der Waals surface area (Å²) >= 11 is 0. The Morgan fingerprint density at radius 3 is 1.07 bits per heavy atom. The lowest BCUT2D eigenvalue weighted by Gasteiger charge is -2.14. The van der Waals surface area contributed by atoms with Crippen molar-refractivity contribution in [3.05, 3.63) is 376 Å². The molecular formula is C101H65N5O. The third-order valence-electron chi connectivity index (χ3n) is 21.3. The van der Waals surface area contributed by atoms with Gasteiger partial charge in [0.15, 0.2) is 0 Å². The van der Waals surface area contributed by atoms with E-state index in [1.54, 1.807) is 12.1 Å². The maximum Gasteiger partial charge on any atom is 0.145 e. The van der Waals surface area contributed by atoms with Gasteiger partial charge >= 0.3 is 0 Å². The van der Waals surface area contributed by atoms with E-state index >= 15 is 0 Å². The van der Waals surface area contributed by atoms with E-state index in [-0.39, 0.29) is 5.75 Å². The molecule has 22 aromatic rings. The first-order valence-corrected chi connectivity index (χ1v) is 36.4. The summed E-state index contributed by atoms with van der Waals surface area (Å²) in [6.45, 7) is 2.13. The quantitative estimate of drug-likeness (QED) is 0.168. The van der Waals surface area contributed by atoms with Gasteiger partial charge in [-0.3, -0.25) is 4.57 Å². The van der Waals surface area contributed by atoms with E-state index in [9.17, 15) is 5.11 Å². The van der Waals surface area contributed by atoms with Gasteiger partial charge in [-0.25, -0.2) is 19.9 Å². The molecule has 4 aromatic heterocycles. The molecule has 0 spiro atoms. The number of aromatic hydroxyl groups is 1. The van der Waals surface area contributed by atoms with Gasteiger partial charge in [-0.15, -0.1) is 0 Å². The minimum atomic E-state index is 0.231. The highest BCUT2D eigenvalue weighted by Crippen LogP contribution is 2.43. The van der Waals surface area contributed by atoms with Gasteiger partial charge in [-0.05, 0) is 155 Å². The van der Waals surface area contributed by atoms with Gasteiger partial charge in [0.1, 0.15) is 11.6 Å². The standard InChI is InChI=1S/C46H29N3.C28H19N.C27H17NO/c1-2-13-37(14-3-1)49-43-17-9-8-16-41(43)48-46(49)33-21-18-31(19-22-33)35-25-26-39-42(29-35)47-45(36-23-20-30-10-4-5-12-34(30)28-36)40-27-24-32-11-6-7-15-38(32)44(39)40;1-18-10-14-24-26(16-18)29-28(22-12-11-19-6-2-3-8-21(19)17-22)25-15-13-20-7-4-5-9-23(20)27(24)25;29-21-12-14-23-25(16-21)28-27(20-10-9-17-5-1-2-7-19(17)15-20)24-13-11-18-6-3-4-8-22(18)26(23)24/h1-29H;2-17H,1H3;1-16,29H. The van der Waals surface area contributed by atoms with Gasteiger partial charge < -0.3 is 5.11 Å². The topological polar surface area (TPSA) is 76.7 Å². The Balaban J connectivity index is 0.000000112. The predicted octanol–water partition coefficient (Wildman–Crippen LogP) is 26.8. The highest BCUT2D eigenvalue weighted by molar-refractivity contribution is 6.25. The Morgan fingerprint density at radius 1 is 0.224 bits per heavy atom. The van der Waals surface area contributed by atoms with Crippen molar-refractivity contribution in [3.63, 3.8) is 0 Å². The summed E-state index contributed by atoms with van der Waals surface area (Å²) < 4.78 is 2.24. The number of nitrogens with zero attached hydrogens (tertiary/aromatic N) is 5. The summed E-state index contributed by atoms with van der Waals surface area (Å²) in [5.74, 6) is 1.16. The van der Waals surface area contributed by atoms with Crippen LogP contribution in [0.15, 0.2) is 370 Å². The van der Waals surface area contributed by atoms with Crippen molar-refractivity contribution in [1.82, 2.24) is 24.5 Å². The molecule has 0 radical (unpaired) electrons. The van der Waals surface area contributed by atoms with Crippen LogP contribution in [0.3, 0.4) is 0 Å². The summed E-state index contributed by atoms with van der Waals surface area (Å²) in [6.07, 6.45) is 0. The number of phenolic OH excluding ortho intramolecular Hbond substituents is 1. The molecule has 0 saturated heterocycles.